The average molecular weight is 554 g/mol. The third-order valence-corrected chi connectivity index (χ3v) is 9.37. The second-order valence-electron chi connectivity index (χ2n) is 12.4. The Hall–Kier alpha value is -4.27. The van der Waals surface area contributed by atoms with Crippen molar-refractivity contribution in [1.82, 2.24) is 15.2 Å². The number of nitrogens with one attached hydrogen (secondary N) is 2. The highest BCUT2D eigenvalue weighted by Gasteiger charge is 2.57. The molecule has 1 spiro atoms. The van der Waals surface area contributed by atoms with Crippen molar-refractivity contribution in [2.75, 3.05) is 19.0 Å². The number of aromatic nitrogens is 1. The molecule has 2 N–H and O–H groups in total. The highest BCUT2D eigenvalue weighted by Crippen LogP contribution is 2.49. The number of allylic oxidation sites excluding steroid dienone is 3. The standard InChI is InChI=1S/C32H32FN5O3/c1-31(2)17-38(25-9-7-21(33)14-24(25)31)29(39)19-12-26(36-27(13-19)41-3)35-22-8-6-18-15-32(16-20(18)11-22)23-5-4-10-34-28(23)37-30(32)40/h4-14,23-25,28H,15-17H2,1-3H3,(H,35,36)(H,37,40). The van der Waals surface area contributed by atoms with Gasteiger partial charge in [0.2, 0.25) is 11.8 Å². The molecule has 4 heterocycles. The van der Waals surface area contributed by atoms with Crippen LogP contribution in [0, 0.1) is 22.7 Å². The molecule has 2 amide bonds. The maximum absolute atomic E-state index is 14.0. The van der Waals surface area contributed by atoms with E-state index in [1.165, 1.54) is 13.2 Å². The van der Waals surface area contributed by atoms with E-state index in [1.54, 1.807) is 35.4 Å². The summed E-state index contributed by atoms with van der Waals surface area (Å²) in [5.74, 6) is 0.358. The maximum atomic E-state index is 14.0. The minimum absolute atomic E-state index is 0.0265. The molecule has 0 radical (unpaired) electrons. The number of carbonyl (C=O) groups excluding carboxylic acids is 2. The number of pyridine rings is 1. The van der Waals surface area contributed by atoms with Gasteiger partial charge in [-0.3, -0.25) is 14.6 Å². The Kier molecular flexibility index (Phi) is 5.71. The maximum Gasteiger partial charge on any atom is 0.254 e. The second-order valence-corrected chi connectivity index (χ2v) is 12.4. The van der Waals surface area contributed by atoms with Crippen molar-refractivity contribution in [2.24, 2.45) is 27.7 Å². The van der Waals surface area contributed by atoms with E-state index < -0.39 is 5.41 Å². The Morgan fingerprint density at radius 3 is 2.80 bits per heavy atom. The van der Waals surface area contributed by atoms with E-state index >= 15 is 0 Å². The van der Waals surface area contributed by atoms with Gasteiger partial charge in [-0.25, -0.2) is 4.39 Å². The summed E-state index contributed by atoms with van der Waals surface area (Å²) in [6.45, 7) is 4.63. The Labute approximate surface area is 238 Å². The molecule has 5 atom stereocenters. The van der Waals surface area contributed by atoms with E-state index in [4.69, 9.17) is 4.74 Å². The normalized spacial score (nSPS) is 30.1. The van der Waals surface area contributed by atoms with Crippen LogP contribution in [0.3, 0.4) is 0 Å². The summed E-state index contributed by atoms with van der Waals surface area (Å²) in [6.07, 6.45) is 11.7. The molecule has 5 unspecified atom stereocenters. The van der Waals surface area contributed by atoms with E-state index in [1.807, 2.05) is 12.1 Å². The van der Waals surface area contributed by atoms with Crippen molar-refractivity contribution in [2.45, 2.75) is 38.9 Å². The third kappa shape index (κ3) is 4.09. The molecule has 2 saturated heterocycles. The first-order valence-electron chi connectivity index (χ1n) is 14.0. The molecular weight excluding hydrogens is 521 g/mol. The number of hydrogen-bond donors (Lipinski definition) is 2. The minimum Gasteiger partial charge on any atom is -0.481 e. The summed E-state index contributed by atoms with van der Waals surface area (Å²) in [5.41, 5.74) is 2.73. The molecule has 1 aromatic heterocycles. The molecule has 7 rings (SSSR count). The quantitative estimate of drug-likeness (QED) is 0.581. The lowest BCUT2D eigenvalue weighted by Gasteiger charge is -2.28. The van der Waals surface area contributed by atoms with E-state index in [0.29, 0.717) is 36.6 Å². The van der Waals surface area contributed by atoms with Crippen molar-refractivity contribution in [3.8, 4) is 5.88 Å². The molecule has 1 aromatic carbocycles. The van der Waals surface area contributed by atoms with Crippen LogP contribution >= 0.6 is 0 Å². The van der Waals surface area contributed by atoms with Crippen LogP contribution in [0.25, 0.3) is 0 Å². The number of benzene rings is 1. The van der Waals surface area contributed by atoms with Crippen molar-refractivity contribution in [1.29, 1.82) is 0 Å². The number of carbonyl (C=O) groups is 2. The zero-order valence-electron chi connectivity index (χ0n) is 23.2. The van der Waals surface area contributed by atoms with Crippen LogP contribution < -0.4 is 15.4 Å². The fourth-order valence-electron chi connectivity index (χ4n) is 7.32. The van der Waals surface area contributed by atoms with Crippen LogP contribution in [0.5, 0.6) is 5.88 Å². The van der Waals surface area contributed by atoms with Crippen LogP contribution in [0.15, 0.2) is 71.5 Å². The first-order valence-corrected chi connectivity index (χ1v) is 14.0. The topological polar surface area (TPSA) is 95.9 Å². The predicted octanol–water partition coefficient (Wildman–Crippen LogP) is 4.52. The van der Waals surface area contributed by atoms with E-state index in [2.05, 4.69) is 52.7 Å². The molecule has 0 saturated carbocycles. The van der Waals surface area contributed by atoms with Gasteiger partial charge in [0.05, 0.1) is 18.6 Å². The smallest absolute Gasteiger partial charge is 0.254 e. The number of amides is 2. The van der Waals surface area contributed by atoms with Gasteiger partial charge in [-0.2, -0.15) is 4.98 Å². The van der Waals surface area contributed by atoms with E-state index in [9.17, 15) is 14.0 Å². The molecule has 2 aliphatic carbocycles. The SMILES string of the molecule is COc1cc(C(=O)N2CC(C)(C)C3C=C(F)C=CC32)cc(Nc2ccc3c(c2)CC2(C3)C(=O)NC3N=CC=CC32)n1. The monoisotopic (exact) mass is 553 g/mol. The second kappa shape index (κ2) is 9.12. The number of aliphatic imine (C=N–C) groups is 1. The van der Waals surface area contributed by atoms with E-state index in [-0.39, 0.29) is 47.1 Å². The van der Waals surface area contributed by atoms with Crippen molar-refractivity contribution >= 4 is 29.5 Å². The average Bonchev–Trinajstić information content (AvgIpc) is 3.56. The number of likely N-dealkylation sites (tertiary alicyclic amines) is 1. The van der Waals surface area contributed by atoms with Crippen LogP contribution in [0.1, 0.15) is 35.3 Å². The predicted molar refractivity (Wildman–Crippen MR) is 154 cm³/mol. The molecule has 9 heteroatoms. The van der Waals surface area contributed by atoms with Crippen LogP contribution in [-0.2, 0) is 17.6 Å². The highest BCUT2D eigenvalue weighted by molar-refractivity contribution is 5.96. The number of anilines is 2. The summed E-state index contributed by atoms with van der Waals surface area (Å²) in [4.78, 5) is 37.7. The van der Waals surface area contributed by atoms with Gasteiger partial charge in [0.25, 0.3) is 5.91 Å². The Morgan fingerprint density at radius 1 is 1.15 bits per heavy atom. The Morgan fingerprint density at radius 2 is 1.98 bits per heavy atom. The number of rotatable bonds is 4. The largest absolute Gasteiger partial charge is 0.481 e. The summed E-state index contributed by atoms with van der Waals surface area (Å²) >= 11 is 0. The zero-order valence-corrected chi connectivity index (χ0v) is 23.2. The molecular formula is C32H32FN5O3. The lowest BCUT2D eigenvalue weighted by atomic mass is 9.73. The van der Waals surface area contributed by atoms with Gasteiger partial charge in [-0.15, -0.1) is 0 Å². The van der Waals surface area contributed by atoms with Crippen molar-refractivity contribution in [3.05, 3.63) is 83.2 Å². The highest BCUT2D eigenvalue weighted by atomic mass is 19.1. The zero-order chi connectivity index (χ0) is 28.5. The molecule has 8 nitrogen and oxygen atoms in total. The number of fused-ring (bicyclic) bond motifs is 4. The molecule has 2 aromatic rings. The third-order valence-electron chi connectivity index (χ3n) is 9.37. The molecule has 2 fully saturated rings. The van der Waals surface area contributed by atoms with Gasteiger partial charge >= 0.3 is 0 Å². The summed E-state index contributed by atoms with van der Waals surface area (Å²) in [5, 5.41) is 6.41. The number of nitrogens with zero attached hydrogens (tertiary/aromatic N) is 3. The number of hydrogen-bond acceptors (Lipinski definition) is 6. The molecule has 0 bridgehead atoms. The van der Waals surface area contributed by atoms with Crippen molar-refractivity contribution < 1.29 is 18.7 Å². The van der Waals surface area contributed by atoms with Crippen LogP contribution in [0.2, 0.25) is 0 Å². The summed E-state index contributed by atoms with van der Waals surface area (Å²) in [7, 11) is 1.52. The molecule has 5 aliphatic rings. The van der Waals surface area contributed by atoms with Gasteiger partial charge in [-0.05, 0) is 65.8 Å². The number of ether oxygens (including phenoxy) is 1. The van der Waals surface area contributed by atoms with Crippen LogP contribution in [0.4, 0.5) is 15.9 Å². The van der Waals surface area contributed by atoms with Gasteiger partial charge < -0.3 is 20.3 Å². The van der Waals surface area contributed by atoms with Gasteiger partial charge in [0.15, 0.2) is 0 Å². The van der Waals surface area contributed by atoms with Crippen molar-refractivity contribution in [3.63, 3.8) is 0 Å². The van der Waals surface area contributed by atoms with Crippen LogP contribution in [-0.4, -0.2) is 53.8 Å². The van der Waals surface area contributed by atoms with Gasteiger partial charge in [0, 0.05) is 41.9 Å². The van der Waals surface area contributed by atoms with Gasteiger partial charge in [0.1, 0.15) is 17.8 Å². The summed E-state index contributed by atoms with van der Waals surface area (Å²) in [6, 6.07) is 9.24. The lowest BCUT2D eigenvalue weighted by Crippen LogP contribution is -2.37. The fraction of sp³-hybridized carbons (Fsp3) is 0.375. The fourth-order valence-corrected chi connectivity index (χ4v) is 7.32. The van der Waals surface area contributed by atoms with E-state index in [0.717, 1.165) is 16.8 Å². The molecule has 210 valence electrons. The number of halogens is 1. The number of dihydropyridines is 1. The summed E-state index contributed by atoms with van der Waals surface area (Å²) < 4.78 is 19.5. The Balaban J connectivity index is 1.14. The first-order chi connectivity index (χ1) is 19.7. The van der Waals surface area contributed by atoms with Gasteiger partial charge in [-0.1, -0.05) is 32.1 Å². The first kappa shape index (κ1) is 25.7. The number of methoxy groups -OCH3 is 1. The minimum atomic E-state index is -0.527. The lowest BCUT2D eigenvalue weighted by molar-refractivity contribution is -0.128. The molecule has 41 heavy (non-hydrogen) atoms. The molecule has 3 aliphatic heterocycles. The Bertz CT molecular complexity index is 1590.